The Morgan fingerprint density at radius 1 is 1.40 bits per heavy atom. The van der Waals surface area contributed by atoms with Gasteiger partial charge in [-0.25, -0.2) is 0 Å². The van der Waals surface area contributed by atoms with Crippen LogP contribution in [0.25, 0.3) is 0 Å². The minimum Gasteiger partial charge on any atom is -0.354 e. The molecule has 5 heteroatoms. The molecule has 0 spiro atoms. The van der Waals surface area contributed by atoms with Gasteiger partial charge in [0.05, 0.1) is 5.92 Å². The van der Waals surface area contributed by atoms with Crippen LogP contribution in [0.5, 0.6) is 0 Å². The number of hydrogen-bond donors (Lipinski definition) is 3. The molecule has 0 radical (unpaired) electrons. The van der Waals surface area contributed by atoms with Crippen molar-refractivity contribution in [2.75, 3.05) is 13.1 Å². The Hall–Kier alpha value is -1.88. The maximum absolute atomic E-state index is 12.2. The summed E-state index contributed by atoms with van der Waals surface area (Å²) in [7, 11) is 0. The molecule has 20 heavy (non-hydrogen) atoms. The Labute approximate surface area is 118 Å². The third kappa shape index (κ3) is 4.06. The van der Waals surface area contributed by atoms with Crippen molar-refractivity contribution in [2.45, 2.75) is 25.3 Å². The first-order valence-electron chi connectivity index (χ1n) is 7.00. The fourth-order valence-corrected chi connectivity index (χ4v) is 2.36. The van der Waals surface area contributed by atoms with Crippen LogP contribution in [0.15, 0.2) is 30.3 Å². The lowest BCUT2D eigenvalue weighted by Crippen LogP contribution is -2.50. The Morgan fingerprint density at radius 3 is 2.75 bits per heavy atom. The van der Waals surface area contributed by atoms with Gasteiger partial charge in [0, 0.05) is 25.6 Å². The van der Waals surface area contributed by atoms with E-state index in [1.165, 1.54) is 0 Å². The van der Waals surface area contributed by atoms with Crippen LogP contribution in [0.4, 0.5) is 0 Å². The van der Waals surface area contributed by atoms with Gasteiger partial charge < -0.3 is 16.4 Å². The summed E-state index contributed by atoms with van der Waals surface area (Å²) in [6, 6.07) is 9.87. The zero-order chi connectivity index (χ0) is 14.4. The summed E-state index contributed by atoms with van der Waals surface area (Å²) in [5.74, 6) is -0.206. The molecule has 2 unspecified atom stereocenters. The molecule has 2 amide bonds. The van der Waals surface area contributed by atoms with Gasteiger partial charge in [-0.15, -0.1) is 0 Å². The van der Waals surface area contributed by atoms with Crippen LogP contribution in [-0.4, -0.2) is 30.9 Å². The number of amides is 2. The molecule has 1 heterocycles. The molecule has 108 valence electrons. The van der Waals surface area contributed by atoms with E-state index in [2.05, 4.69) is 10.6 Å². The van der Waals surface area contributed by atoms with Crippen molar-refractivity contribution in [3.8, 4) is 0 Å². The van der Waals surface area contributed by atoms with E-state index in [-0.39, 0.29) is 23.8 Å². The highest BCUT2D eigenvalue weighted by Gasteiger charge is 2.23. The van der Waals surface area contributed by atoms with Crippen LogP contribution in [0.1, 0.15) is 18.4 Å². The first-order chi connectivity index (χ1) is 9.69. The second-order valence-electron chi connectivity index (χ2n) is 5.17. The fraction of sp³-hybridized carbons (Fsp3) is 0.467. The summed E-state index contributed by atoms with van der Waals surface area (Å²) < 4.78 is 0. The van der Waals surface area contributed by atoms with E-state index in [4.69, 9.17) is 5.73 Å². The van der Waals surface area contributed by atoms with Gasteiger partial charge in [-0.05, 0) is 18.4 Å². The van der Waals surface area contributed by atoms with Crippen molar-refractivity contribution in [1.29, 1.82) is 0 Å². The molecule has 0 bridgehead atoms. The molecule has 1 fully saturated rings. The van der Waals surface area contributed by atoms with Crippen LogP contribution in [0.3, 0.4) is 0 Å². The molecule has 0 aromatic heterocycles. The highest BCUT2D eigenvalue weighted by Crippen LogP contribution is 2.10. The van der Waals surface area contributed by atoms with Crippen LogP contribution in [0, 0.1) is 5.92 Å². The van der Waals surface area contributed by atoms with E-state index in [9.17, 15) is 9.59 Å². The number of carbonyl (C=O) groups excluding carboxylic acids is 2. The number of hydrogen-bond acceptors (Lipinski definition) is 3. The molecule has 4 N–H and O–H groups in total. The maximum Gasteiger partial charge on any atom is 0.225 e. The Kier molecular flexibility index (Phi) is 5.12. The van der Waals surface area contributed by atoms with Gasteiger partial charge in [0.15, 0.2) is 0 Å². The predicted octanol–water partition coefficient (Wildman–Crippen LogP) is 0.199. The maximum atomic E-state index is 12.2. The van der Waals surface area contributed by atoms with Gasteiger partial charge in [0.25, 0.3) is 0 Å². The first-order valence-corrected chi connectivity index (χ1v) is 7.00. The van der Waals surface area contributed by atoms with E-state index in [0.717, 1.165) is 5.56 Å². The summed E-state index contributed by atoms with van der Waals surface area (Å²) in [4.78, 5) is 23.3. The number of piperidine rings is 1. The summed E-state index contributed by atoms with van der Waals surface area (Å²) in [6.45, 7) is 0.826. The highest BCUT2D eigenvalue weighted by atomic mass is 16.2. The molecule has 0 aliphatic carbocycles. The van der Waals surface area contributed by atoms with E-state index in [1.807, 2.05) is 30.3 Å². The molecule has 1 aromatic rings. The average molecular weight is 275 g/mol. The van der Waals surface area contributed by atoms with Crippen molar-refractivity contribution in [2.24, 2.45) is 11.7 Å². The molecule has 1 aliphatic rings. The Balaban J connectivity index is 1.87. The van der Waals surface area contributed by atoms with Crippen molar-refractivity contribution in [1.82, 2.24) is 10.6 Å². The molecular weight excluding hydrogens is 254 g/mol. The number of carbonyl (C=O) groups is 2. The van der Waals surface area contributed by atoms with Crippen LogP contribution in [-0.2, 0) is 16.0 Å². The largest absolute Gasteiger partial charge is 0.354 e. The summed E-state index contributed by atoms with van der Waals surface area (Å²) in [6.07, 6.45) is 1.80. The first kappa shape index (κ1) is 14.5. The van der Waals surface area contributed by atoms with Crippen LogP contribution < -0.4 is 16.4 Å². The lowest BCUT2D eigenvalue weighted by atomic mass is 9.97. The number of nitrogens with two attached hydrogens (primary N) is 1. The SMILES string of the molecule is NCC(Cc1ccccc1)C(=O)NC1CCC(=O)NC1. The molecule has 2 atom stereocenters. The second kappa shape index (κ2) is 7.05. The minimum absolute atomic E-state index is 0.0185. The zero-order valence-corrected chi connectivity index (χ0v) is 11.5. The number of benzene rings is 1. The normalized spacial score (nSPS) is 20.1. The number of nitrogens with one attached hydrogen (secondary N) is 2. The van der Waals surface area contributed by atoms with Gasteiger partial charge in [-0.3, -0.25) is 9.59 Å². The van der Waals surface area contributed by atoms with Crippen molar-refractivity contribution < 1.29 is 9.59 Å². The Bertz CT molecular complexity index is 451. The van der Waals surface area contributed by atoms with Crippen LogP contribution >= 0.6 is 0 Å². The van der Waals surface area contributed by atoms with E-state index >= 15 is 0 Å². The smallest absolute Gasteiger partial charge is 0.225 e. The van der Waals surface area contributed by atoms with Crippen molar-refractivity contribution in [3.05, 3.63) is 35.9 Å². The van der Waals surface area contributed by atoms with E-state index in [0.29, 0.717) is 32.4 Å². The quantitative estimate of drug-likeness (QED) is 0.717. The minimum atomic E-state index is -0.227. The van der Waals surface area contributed by atoms with Gasteiger partial charge in [0.2, 0.25) is 11.8 Å². The molecule has 2 rings (SSSR count). The van der Waals surface area contributed by atoms with Crippen molar-refractivity contribution in [3.63, 3.8) is 0 Å². The van der Waals surface area contributed by atoms with Gasteiger partial charge in [-0.1, -0.05) is 30.3 Å². The molecule has 0 saturated carbocycles. The monoisotopic (exact) mass is 275 g/mol. The van der Waals surface area contributed by atoms with Gasteiger partial charge in [-0.2, -0.15) is 0 Å². The highest BCUT2D eigenvalue weighted by molar-refractivity contribution is 5.80. The number of rotatable bonds is 5. The van der Waals surface area contributed by atoms with E-state index < -0.39 is 0 Å². The fourth-order valence-electron chi connectivity index (χ4n) is 2.36. The summed E-state index contributed by atoms with van der Waals surface area (Å²) in [5.41, 5.74) is 6.82. The summed E-state index contributed by atoms with van der Waals surface area (Å²) in [5, 5.41) is 5.74. The molecule has 1 aromatic carbocycles. The molecule has 5 nitrogen and oxygen atoms in total. The standard InChI is InChI=1S/C15H21N3O2/c16-9-12(8-11-4-2-1-3-5-11)15(20)18-13-6-7-14(19)17-10-13/h1-5,12-13H,6-10,16H2,(H,17,19)(H,18,20). The third-order valence-electron chi connectivity index (χ3n) is 3.59. The molecular formula is C15H21N3O2. The second-order valence-corrected chi connectivity index (χ2v) is 5.17. The summed E-state index contributed by atoms with van der Waals surface area (Å²) >= 11 is 0. The van der Waals surface area contributed by atoms with Gasteiger partial charge >= 0.3 is 0 Å². The predicted molar refractivity (Wildman–Crippen MR) is 76.9 cm³/mol. The molecule has 1 saturated heterocycles. The van der Waals surface area contributed by atoms with Gasteiger partial charge in [0.1, 0.15) is 0 Å². The zero-order valence-electron chi connectivity index (χ0n) is 11.5. The lowest BCUT2D eigenvalue weighted by molar-refractivity contribution is -0.127. The van der Waals surface area contributed by atoms with Crippen molar-refractivity contribution >= 4 is 11.8 Å². The Morgan fingerprint density at radius 2 is 2.15 bits per heavy atom. The van der Waals surface area contributed by atoms with E-state index in [1.54, 1.807) is 0 Å². The van der Waals surface area contributed by atoms with Crippen LogP contribution in [0.2, 0.25) is 0 Å². The topological polar surface area (TPSA) is 84.2 Å². The molecule has 1 aliphatic heterocycles. The average Bonchev–Trinajstić information content (AvgIpc) is 2.48. The third-order valence-corrected chi connectivity index (χ3v) is 3.59. The lowest BCUT2D eigenvalue weighted by Gasteiger charge is -2.25.